The van der Waals surface area contributed by atoms with E-state index in [0.717, 1.165) is 10.6 Å². The summed E-state index contributed by atoms with van der Waals surface area (Å²) in [6.45, 7) is 3.68. The first-order chi connectivity index (χ1) is 7.08. The number of hydrogen-bond donors (Lipinski definition) is 1. The molecule has 3 nitrogen and oxygen atoms in total. The quantitative estimate of drug-likeness (QED) is 0.485. The second-order valence-electron chi connectivity index (χ2n) is 3.40. The van der Waals surface area contributed by atoms with Crippen molar-refractivity contribution in [3.63, 3.8) is 0 Å². The van der Waals surface area contributed by atoms with Crippen LogP contribution in [0.5, 0.6) is 0 Å². The van der Waals surface area contributed by atoms with Crippen LogP contribution in [0.3, 0.4) is 0 Å². The molecular weight excluding hydrogens is 210 g/mol. The number of ether oxygens (including phenoxy) is 1. The predicted molar refractivity (Wildman–Crippen MR) is 62.8 cm³/mol. The lowest BCUT2D eigenvalue weighted by Crippen LogP contribution is -2.13. The summed E-state index contributed by atoms with van der Waals surface area (Å²) < 4.78 is 5.01. The zero-order chi connectivity index (χ0) is 11.3. The molecule has 15 heavy (non-hydrogen) atoms. The molecule has 0 spiro atoms. The molecule has 0 heterocycles. The van der Waals surface area contributed by atoms with Crippen LogP contribution in [0.1, 0.15) is 13.8 Å². The third-order valence-corrected chi connectivity index (χ3v) is 2.59. The van der Waals surface area contributed by atoms with E-state index in [9.17, 15) is 4.79 Å². The minimum atomic E-state index is -0.188. The molecule has 0 aliphatic carbocycles. The van der Waals surface area contributed by atoms with Crippen LogP contribution in [0.15, 0.2) is 29.2 Å². The molecule has 1 aromatic rings. The first-order valence-electron chi connectivity index (χ1n) is 4.76. The van der Waals surface area contributed by atoms with E-state index in [1.807, 2.05) is 38.1 Å². The molecule has 0 unspecified atom stereocenters. The third-order valence-electron chi connectivity index (χ3n) is 1.60. The zero-order valence-corrected chi connectivity index (χ0v) is 9.71. The van der Waals surface area contributed by atoms with Crippen molar-refractivity contribution in [3.05, 3.63) is 24.3 Å². The molecule has 0 fully saturated rings. The lowest BCUT2D eigenvalue weighted by Gasteiger charge is -2.07. The molecule has 0 bridgehead atoms. The van der Waals surface area contributed by atoms with Crippen molar-refractivity contribution in [2.24, 2.45) is 0 Å². The van der Waals surface area contributed by atoms with Crippen LogP contribution in [0.25, 0.3) is 0 Å². The van der Waals surface area contributed by atoms with Gasteiger partial charge in [0.2, 0.25) is 0 Å². The number of esters is 1. The Morgan fingerprint density at radius 3 is 2.53 bits per heavy atom. The minimum absolute atomic E-state index is 0.0514. The van der Waals surface area contributed by atoms with Crippen molar-refractivity contribution >= 4 is 23.4 Å². The van der Waals surface area contributed by atoms with Crippen molar-refractivity contribution < 1.29 is 9.53 Å². The number of anilines is 1. The van der Waals surface area contributed by atoms with Gasteiger partial charge in [0.25, 0.3) is 0 Å². The molecule has 0 aliphatic rings. The van der Waals surface area contributed by atoms with Gasteiger partial charge in [-0.15, -0.1) is 11.8 Å². The largest absolute Gasteiger partial charge is 0.462 e. The minimum Gasteiger partial charge on any atom is -0.462 e. The number of benzene rings is 1. The lowest BCUT2D eigenvalue weighted by molar-refractivity contribution is -0.144. The molecule has 0 aliphatic heterocycles. The van der Waals surface area contributed by atoms with Crippen LogP contribution in [0, 0.1) is 0 Å². The van der Waals surface area contributed by atoms with Crippen LogP contribution < -0.4 is 5.73 Å². The molecule has 1 rings (SSSR count). The second kappa shape index (κ2) is 5.66. The molecule has 82 valence electrons. The van der Waals surface area contributed by atoms with Crippen LogP contribution in [-0.2, 0) is 9.53 Å². The van der Waals surface area contributed by atoms with Gasteiger partial charge < -0.3 is 10.5 Å². The summed E-state index contributed by atoms with van der Waals surface area (Å²) >= 11 is 1.45. The normalized spacial score (nSPS) is 10.3. The molecule has 0 atom stereocenters. The van der Waals surface area contributed by atoms with Gasteiger partial charge in [-0.2, -0.15) is 0 Å². The van der Waals surface area contributed by atoms with E-state index in [0.29, 0.717) is 5.75 Å². The number of rotatable bonds is 4. The average molecular weight is 225 g/mol. The van der Waals surface area contributed by atoms with Crippen molar-refractivity contribution in [1.29, 1.82) is 0 Å². The number of thioether (sulfide) groups is 1. The standard InChI is InChI=1S/C11H15NO2S/c1-8(2)14-11(13)7-15-10-5-3-9(12)4-6-10/h3-6,8H,7,12H2,1-2H3. The Morgan fingerprint density at radius 1 is 1.40 bits per heavy atom. The van der Waals surface area contributed by atoms with E-state index in [1.54, 1.807) is 0 Å². The van der Waals surface area contributed by atoms with Crippen molar-refractivity contribution in [2.45, 2.75) is 24.8 Å². The van der Waals surface area contributed by atoms with Crippen molar-refractivity contribution in [2.75, 3.05) is 11.5 Å². The first-order valence-corrected chi connectivity index (χ1v) is 5.74. The van der Waals surface area contributed by atoms with Gasteiger partial charge in [-0.3, -0.25) is 4.79 Å². The lowest BCUT2D eigenvalue weighted by atomic mass is 10.3. The fourth-order valence-electron chi connectivity index (χ4n) is 1.00. The van der Waals surface area contributed by atoms with Crippen LogP contribution in [0.4, 0.5) is 5.69 Å². The fraction of sp³-hybridized carbons (Fsp3) is 0.364. The highest BCUT2D eigenvalue weighted by atomic mass is 32.2. The summed E-state index contributed by atoms with van der Waals surface area (Å²) in [5.74, 6) is 0.147. The van der Waals surface area contributed by atoms with E-state index >= 15 is 0 Å². The maximum absolute atomic E-state index is 11.2. The Labute approximate surface area is 94.0 Å². The third kappa shape index (κ3) is 4.74. The second-order valence-corrected chi connectivity index (χ2v) is 4.45. The smallest absolute Gasteiger partial charge is 0.316 e. The molecule has 2 N–H and O–H groups in total. The summed E-state index contributed by atoms with van der Waals surface area (Å²) in [5, 5.41) is 0. The Bertz CT molecular complexity index is 322. The Morgan fingerprint density at radius 2 is 2.00 bits per heavy atom. The summed E-state index contributed by atoms with van der Waals surface area (Å²) in [6, 6.07) is 7.41. The molecular formula is C11H15NO2S. The molecule has 4 heteroatoms. The van der Waals surface area contributed by atoms with E-state index in [1.165, 1.54) is 11.8 Å². The Balaban J connectivity index is 2.37. The maximum Gasteiger partial charge on any atom is 0.316 e. The Hall–Kier alpha value is -1.16. The molecule has 0 saturated carbocycles. The topological polar surface area (TPSA) is 52.3 Å². The number of nitrogen functional groups attached to an aromatic ring is 1. The van der Waals surface area contributed by atoms with Gasteiger partial charge in [-0.1, -0.05) is 0 Å². The monoisotopic (exact) mass is 225 g/mol. The summed E-state index contributed by atoms with van der Waals surface area (Å²) in [7, 11) is 0. The summed E-state index contributed by atoms with van der Waals surface area (Å²) in [6.07, 6.45) is -0.0514. The van der Waals surface area contributed by atoms with Gasteiger partial charge in [-0.05, 0) is 38.1 Å². The average Bonchev–Trinajstić information content (AvgIpc) is 2.16. The molecule has 0 radical (unpaired) electrons. The molecule has 0 amide bonds. The highest BCUT2D eigenvalue weighted by Gasteiger charge is 2.05. The maximum atomic E-state index is 11.2. The molecule has 0 saturated heterocycles. The zero-order valence-electron chi connectivity index (χ0n) is 8.90. The fourth-order valence-corrected chi connectivity index (χ4v) is 1.68. The number of carbonyl (C=O) groups is 1. The van der Waals surface area contributed by atoms with Crippen LogP contribution >= 0.6 is 11.8 Å². The van der Waals surface area contributed by atoms with Crippen LogP contribution in [0.2, 0.25) is 0 Å². The van der Waals surface area contributed by atoms with Gasteiger partial charge in [0.15, 0.2) is 0 Å². The highest BCUT2D eigenvalue weighted by molar-refractivity contribution is 8.00. The summed E-state index contributed by atoms with van der Waals surface area (Å²) in [4.78, 5) is 12.2. The van der Waals surface area contributed by atoms with Gasteiger partial charge in [0.05, 0.1) is 11.9 Å². The molecule has 1 aromatic carbocycles. The van der Waals surface area contributed by atoms with E-state index in [2.05, 4.69) is 0 Å². The highest BCUT2D eigenvalue weighted by Crippen LogP contribution is 2.19. The van der Waals surface area contributed by atoms with Gasteiger partial charge in [0.1, 0.15) is 0 Å². The first kappa shape index (κ1) is 11.9. The predicted octanol–water partition coefficient (Wildman–Crippen LogP) is 2.31. The SMILES string of the molecule is CC(C)OC(=O)CSc1ccc(N)cc1. The Kier molecular flexibility index (Phi) is 4.49. The van der Waals surface area contributed by atoms with E-state index in [-0.39, 0.29) is 12.1 Å². The van der Waals surface area contributed by atoms with Gasteiger partial charge in [0, 0.05) is 10.6 Å². The number of nitrogens with two attached hydrogens (primary N) is 1. The van der Waals surface area contributed by atoms with Crippen LogP contribution in [-0.4, -0.2) is 17.8 Å². The van der Waals surface area contributed by atoms with E-state index < -0.39 is 0 Å². The number of carbonyl (C=O) groups excluding carboxylic acids is 1. The van der Waals surface area contributed by atoms with Crippen molar-refractivity contribution in [3.8, 4) is 0 Å². The number of hydrogen-bond acceptors (Lipinski definition) is 4. The molecule has 0 aromatic heterocycles. The van der Waals surface area contributed by atoms with Crippen molar-refractivity contribution in [1.82, 2.24) is 0 Å². The summed E-state index contributed by atoms with van der Waals surface area (Å²) in [5.41, 5.74) is 6.27. The van der Waals surface area contributed by atoms with Gasteiger partial charge >= 0.3 is 5.97 Å². The van der Waals surface area contributed by atoms with Gasteiger partial charge in [-0.25, -0.2) is 0 Å². The van der Waals surface area contributed by atoms with E-state index in [4.69, 9.17) is 10.5 Å².